The summed E-state index contributed by atoms with van der Waals surface area (Å²) in [5, 5.41) is 17.2. The molecule has 0 unspecified atom stereocenters. The Morgan fingerprint density at radius 2 is 1.93 bits per heavy atom. The highest BCUT2D eigenvalue weighted by Gasteiger charge is 2.22. The normalized spacial score (nSPS) is 11.3. The summed E-state index contributed by atoms with van der Waals surface area (Å²) in [6.07, 6.45) is 4.96. The van der Waals surface area contributed by atoms with Gasteiger partial charge in [-0.2, -0.15) is 8.42 Å². The van der Waals surface area contributed by atoms with Gasteiger partial charge >= 0.3 is 16.2 Å². The largest absolute Gasteiger partial charge is 0.477 e. The molecule has 0 radical (unpaired) electrons. The number of nitrogens with zero attached hydrogens (tertiary/aromatic N) is 2. The molecule has 0 aliphatic heterocycles. The van der Waals surface area contributed by atoms with Crippen LogP contribution < -0.4 is 10.5 Å². The Kier molecular flexibility index (Phi) is 5.29. The van der Waals surface area contributed by atoms with Crippen molar-refractivity contribution in [2.75, 3.05) is 6.54 Å². The molecular formula is C17H17N5O5S. The van der Waals surface area contributed by atoms with Crippen LogP contribution in [-0.2, 0) is 16.6 Å². The second-order valence-electron chi connectivity index (χ2n) is 5.87. The van der Waals surface area contributed by atoms with E-state index in [-0.39, 0.29) is 11.5 Å². The molecule has 0 fully saturated rings. The third-order valence-electron chi connectivity index (χ3n) is 4.01. The van der Waals surface area contributed by atoms with Gasteiger partial charge < -0.3 is 15.4 Å². The number of carboxylic acids is 1. The molecular weight excluding hydrogens is 386 g/mol. The average molecular weight is 403 g/mol. The minimum atomic E-state index is -4.25. The molecule has 0 aliphatic rings. The van der Waals surface area contributed by atoms with E-state index < -0.39 is 21.9 Å². The first-order chi connectivity index (χ1) is 13.3. The van der Waals surface area contributed by atoms with Crippen LogP contribution in [-0.4, -0.2) is 45.9 Å². The summed E-state index contributed by atoms with van der Waals surface area (Å²) in [7, 11) is -4.25. The maximum Gasteiger partial charge on any atom is 0.354 e. The van der Waals surface area contributed by atoms with E-state index in [9.17, 15) is 23.1 Å². The number of rotatable bonds is 7. The minimum Gasteiger partial charge on any atom is -0.477 e. The SMILES string of the molecule is NS(=O)(=O)n1ccc(-c2ccc(C(=O)NCCc3c[nH]cn3)cc2)c1C(=O)O. The van der Waals surface area contributed by atoms with Gasteiger partial charge in [0.1, 0.15) is 0 Å². The van der Waals surface area contributed by atoms with Crippen LogP contribution in [0.2, 0.25) is 0 Å². The highest BCUT2D eigenvalue weighted by atomic mass is 32.2. The number of carbonyl (C=O) groups excluding carboxylic acids is 1. The predicted molar refractivity (Wildman–Crippen MR) is 100.0 cm³/mol. The van der Waals surface area contributed by atoms with E-state index in [0.29, 0.717) is 28.1 Å². The lowest BCUT2D eigenvalue weighted by Crippen LogP contribution is -2.25. The van der Waals surface area contributed by atoms with E-state index in [0.717, 1.165) is 11.9 Å². The van der Waals surface area contributed by atoms with Crippen molar-refractivity contribution >= 4 is 22.1 Å². The molecule has 2 aromatic heterocycles. The fraction of sp³-hybridized carbons (Fsp3) is 0.118. The second kappa shape index (κ2) is 7.66. The predicted octanol–water partition coefficient (Wildman–Crippen LogP) is 0.600. The summed E-state index contributed by atoms with van der Waals surface area (Å²) in [4.78, 5) is 30.6. The lowest BCUT2D eigenvalue weighted by molar-refractivity contribution is 0.0690. The monoisotopic (exact) mass is 403 g/mol. The Labute approximate surface area is 160 Å². The van der Waals surface area contributed by atoms with Crippen LogP contribution in [0.25, 0.3) is 11.1 Å². The third kappa shape index (κ3) is 4.10. The Morgan fingerprint density at radius 1 is 1.21 bits per heavy atom. The number of aromatic amines is 1. The molecule has 0 aliphatic carbocycles. The van der Waals surface area contributed by atoms with E-state index in [1.807, 2.05) is 0 Å². The molecule has 5 N–H and O–H groups in total. The molecule has 146 valence electrons. The maximum absolute atomic E-state index is 12.2. The molecule has 3 aromatic rings. The summed E-state index contributed by atoms with van der Waals surface area (Å²) in [6, 6.07) is 7.47. The Hall–Kier alpha value is -3.44. The average Bonchev–Trinajstić information content (AvgIpc) is 3.31. The van der Waals surface area contributed by atoms with Gasteiger partial charge in [0.05, 0.1) is 12.0 Å². The van der Waals surface area contributed by atoms with Gasteiger partial charge in [0.25, 0.3) is 5.91 Å². The van der Waals surface area contributed by atoms with Crippen molar-refractivity contribution in [3.05, 3.63) is 66.0 Å². The lowest BCUT2D eigenvalue weighted by Gasteiger charge is -2.07. The van der Waals surface area contributed by atoms with Crippen molar-refractivity contribution in [1.82, 2.24) is 19.3 Å². The van der Waals surface area contributed by atoms with Crippen LogP contribution in [0.5, 0.6) is 0 Å². The summed E-state index contributed by atoms with van der Waals surface area (Å²) in [5.41, 5.74) is 1.35. The van der Waals surface area contributed by atoms with Crippen molar-refractivity contribution in [2.45, 2.75) is 6.42 Å². The molecule has 2 heterocycles. The lowest BCUT2D eigenvalue weighted by atomic mass is 10.0. The van der Waals surface area contributed by atoms with Gasteiger partial charge in [0.15, 0.2) is 5.69 Å². The van der Waals surface area contributed by atoms with E-state index >= 15 is 0 Å². The van der Waals surface area contributed by atoms with Gasteiger partial charge in [0, 0.05) is 36.5 Å². The zero-order chi connectivity index (χ0) is 20.3. The zero-order valence-electron chi connectivity index (χ0n) is 14.5. The first-order valence-corrected chi connectivity index (χ1v) is 9.62. The van der Waals surface area contributed by atoms with Crippen molar-refractivity contribution in [2.24, 2.45) is 5.14 Å². The second-order valence-corrected chi connectivity index (χ2v) is 7.29. The number of carbonyl (C=O) groups is 2. The number of aromatic carboxylic acids is 1. The van der Waals surface area contributed by atoms with Crippen LogP contribution in [0, 0.1) is 0 Å². The van der Waals surface area contributed by atoms with Crippen LogP contribution in [0.4, 0.5) is 0 Å². The van der Waals surface area contributed by atoms with Gasteiger partial charge in [-0.15, -0.1) is 0 Å². The van der Waals surface area contributed by atoms with Gasteiger partial charge in [-0.25, -0.2) is 18.9 Å². The van der Waals surface area contributed by atoms with Crippen LogP contribution >= 0.6 is 0 Å². The molecule has 0 saturated carbocycles. The third-order valence-corrected chi connectivity index (χ3v) is 4.86. The summed E-state index contributed by atoms with van der Waals surface area (Å²) in [6.45, 7) is 0.409. The first kappa shape index (κ1) is 19.3. The van der Waals surface area contributed by atoms with E-state index in [1.54, 1.807) is 12.5 Å². The van der Waals surface area contributed by atoms with Crippen molar-refractivity contribution in [3.63, 3.8) is 0 Å². The van der Waals surface area contributed by atoms with Crippen LogP contribution in [0.3, 0.4) is 0 Å². The number of hydrogen-bond acceptors (Lipinski definition) is 5. The number of carboxylic acid groups (broad SMARTS) is 1. The van der Waals surface area contributed by atoms with Crippen LogP contribution in [0.1, 0.15) is 26.5 Å². The van der Waals surface area contributed by atoms with Crippen molar-refractivity contribution in [1.29, 1.82) is 0 Å². The molecule has 3 rings (SSSR count). The van der Waals surface area contributed by atoms with Gasteiger partial charge in [-0.1, -0.05) is 12.1 Å². The molecule has 1 aromatic carbocycles. The quantitative estimate of drug-likeness (QED) is 0.452. The molecule has 28 heavy (non-hydrogen) atoms. The highest BCUT2D eigenvalue weighted by molar-refractivity contribution is 7.87. The van der Waals surface area contributed by atoms with Crippen molar-refractivity contribution in [3.8, 4) is 11.1 Å². The molecule has 11 heteroatoms. The maximum atomic E-state index is 12.2. The standard InChI is InChI=1S/C17H17N5O5S/c18-28(26,27)22-8-6-14(15(22)17(24)25)11-1-3-12(4-2-11)16(23)20-7-5-13-9-19-10-21-13/h1-4,6,8-10H,5,7H2,(H,19,21)(H,20,23)(H,24,25)(H2,18,26,27). The number of H-pyrrole nitrogens is 1. The van der Waals surface area contributed by atoms with Crippen LogP contribution in [0.15, 0.2) is 49.1 Å². The summed E-state index contributed by atoms with van der Waals surface area (Å²) in [5.74, 6) is -1.73. The molecule has 1 amide bonds. The molecule has 10 nitrogen and oxygen atoms in total. The topological polar surface area (TPSA) is 160 Å². The number of hydrogen-bond donors (Lipinski definition) is 4. The zero-order valence-corrected chi connectivity index (χ0v) is 15.3. The summed E-state index contributed by atoms with van der Waals surface area (Å²) >= 11 is 0. The van der Waals surface area contributed by atoms with Crippen molar-refractivity contribution < 1.29 is 23.1 Å². The first-order valence-electron chi connectivity index (χ1n) is 8.11. The Morgan fingerprint density at radius 3 is 2.50 bits per heavy atom. The molecule has 0 saturated heterocycles. The number of aromatic nitrogens is 3. The fourth-order valence-electron chi connectivity index (χ4n) is 2.70. The Bertz CT molecular complexity index is 1100. The Balaban J connectivity index is 1.76. The fourth-order valence-corrected chi connectivity index (χ4v) is 3.37. The minimum absolute atomic E-state index is 0.173. The number of benzene rings is 1. The highest BCUT2D eigenvalue weighted by Crippen LogP contribution is 2.26. The van der Waals surface area contributed by atoms with Gasteiger partial charge in [-0.3, -0.25) is 4.79 Å². The van der Waals surface area contributed by atoms with Gasteiger partial charge in [-0.05, 0) is 23.8 Å². The van der Waals surface area contributed by atoms with Gasteiger partial charge in [0.2, 0.25) is 0 Å². The van der Waals surface area contributed by atoms with E-state index in [4.69, 9.17) is 5.14 Å². The van der Waals surface area contributed by atoms with E-state index in [2.05, 4.69) is 15.3 Å². The molecule has 0 atom stereocenters. The number of nitrogens with two attached hydrogens (primary N) is 1. The summed E-state index contributed by atoms with van der Waals surface area (Å²) < 4.78 is 23.6. The smallest absolute Gasteiger partial charge is 0.354 e. The number of nitrogens with one attached hydrogen (secondary N) is 2. The molecule has 0 bridgehead atoms. The number of imidazole rings is 1. The van der Waals surface area contributed by atoms with E-state index in [1.165, 1.54) is 30.3 Å². The molecule has 0 spiro atoms. The number of amides is 1.